The summed E-state index contributed by atoms with van der Waals surface area (Å²) < 4.78 is 43.1. The van der Waals surface area contributed by atoms with Crippen molar-refractivity contribution in [2.75, 3.05) is 39.4 Å². The molecule has 0 radical (unpaired) electrons. The van der Waals surface area contributed by atoms with Gasteiger partial charge in [0.1, 0.15) is 0 Å². The molecule has 0 aromatic heterocycles. The number of rotatable bonds is 4. The number of carbonyl (C=O) groups excluding carboxylic acids is 1. The summed E-state index contributed by atoms with van der Waals surface area (Å²) in [5.74, 6) is 0.615. The van der Waals surface area contributed by atoms with Crippen molar-refractivity contribution in [2.45, 2.75) is 32.0 Å². The summed E-state index contributed by atoms with van der Waals surface area (Å²) in [6.45, 7) is 5.03. The minimum atomic E-state index is -4.29. The molecule has 3 rings (SSSR count). The van der Waals surface area contributed by atoms with Gasteiger partial charge in [0.05, 0.1) is 18.8 Å². The zero-order chi connectivity index (χ0) is 18.6. The van der Waals surface area contributed by atoms with E-state index in [9.17, 15) is 18.0 Å². The predicted molar refractivity (Wildman–Crippen MR) is 91.5 cm³/mol. The molecule has 0 bridgehead atoms. The molecule has 144 valence electrons. The van der Waals surface area contributed by atoms with Gasteiger partial charge in [0.25, 0.3) is 0 Å². The van der Waals surface area contributed by atoms with Gasteiger partial charge in [-0.25, -0.2) is 0 Å². The van der Waals surface area contributed by atoms with Gasteiger partial charge in [0.15, 0.2) is 0 Å². The maximum atomic E-state index is 12.6. The number of hydrogen-bond donors (Lipinski definition) is 0. The third kappa shape index (κ3) is 5.20. The van der Waals surface area contributed by atoms with Crippen LogP contribution in [-0.2, 0) is 22.3 Å². The summed E-state index contributed by atoms with van der Waals surface area (Å²) in [6, 6.07) is 5.39. The topological polar surface area (TPSA) is 32.8 Å². The number of amides is 1. The Hall–Kier alpha value is -1.60. The number of likely N-dealkylation sites (tertiary alicyclic amines) is 1. The maximum Gasteiger partial charge on any atom is 0.416 e. The van der Waals surface area contributed by atoms with Crippen LogP contribution in [0.5, 0.6) is 0 Å². The van der Waals surface area contributed by atoms with Crippen LogP contribution in [0.4, 0.5) is 13.2 Å². The summed E-state index contributed by atoms with van der Waals surface area (Å²) in [5.41, 5.74) is 0.280. The molecule has 0 saturated carbocycles. The minimum absolute atomic E-state index is 0.217. The van der Waals surface area contributed by atoms with Crippen molar-refractivity contribution in [1.82, 2.24) is 9.80 Å². The van der Waals surface area contributed by atoms with E-state index in [1.165, 1.54) is 0 Å². The van der Waals surface area contributed by atoms with Gasteiger partial charge in [-0.3, -0.25) is 9.69 Å². The van der Waals surface area contributed by atoms with Crippen LogP contribution in [0.1, 0.15) is 30.4 Å². The number of hydrogen-bond acceptors (Lipinski definition) is 3. The van der Waals surface area contributed by atoms with Gasteiger partial charge in [-0.2, -0.15) is 13.2 Å². The maximum absolute atomic E-state index is 12.6. The molecule has 4 nitrogen and oxygen atoms in total. The van der Waals surface area contributed by atoms with Crippen LogP contribution < -0.4 is 0 Å². The lowest BCUT2D eigenvalue weighted by Crippen LogP contribution is -2.42. The average Bonchev–Trinajstić information content (AvgIpc) is 2.64. The van der Waals surface area contributed by atoms with Gasteiger partial charge < -0.3 is 9.64 Å². The summed E-state index contributed by atoms with van der Waals surface area (Å²) in [5, 5.41) is 0. The Labute approximate surface area is 151 Å². The highest BCUT2D eigenvalue weighted by molar-refractivity contribution is 5.76. The average molecular weight is 370 g/mol. The lowest BCUT2D eigenvalue weighted by molar-refractivity contribution is -0.138. The Morgan fingerprint density at radius 1 is 1.04 bits per heavy atom. The van der Waals surface area contributed by atoms with Crippen LogP contribution in [0, 0.1) is 5.92 Å². The van der Waals surface area contributed by atoms with Crippen molar-refractivity contribution >= 4 is 5.91 Å². The third-order valence-corrected chi connectivity index (χ3v) is 5.22. The largest absolute Gasteiger partial charge is 0.416 e. The first-order chi connectivity index (χ1) is 12.4. The quantitative estimate of drug-likeness (QED) is 0.816. The lowest BCUT2D eigenvalue weighted by Gasteiger charge is -2.33. The van der Waals surface area contributed by atoms with E-state index in [1.807, 2.05) is 4.90 Å². The van der Waals surface area contributed by atoms with Crippen LogP contribution in [-0.4, -0.2) is 55.1 Å². The van der Waals surface area contributed by atoms with Crippen LogP contribution in [0.2, 0.25) is 0 Å². The van der Waals surface area contributed by atoms with Crippen molar-refractivity contribution in [3.63, 3.8) is 0 Å². The molecule has 0 N–H and O–H groups in total. The van der Waals surface area contributed by atoms with Crippen molar-refractivity contribution in [1.29, 1.82) is 0 Å². The normalized spacial score (nSPS) is 20.3. The highest BCUT2D eigenvalue weighted by Crippen LogP contribution is 2.29. The summed E-state index contributed by atoms with van der Waals surface area (Å²) in [7, 11) is 0. The number of carbonyl (C=O) groups is 1. The van der Waals surface area contributed by atoms with E-state index in [0.29, 0.717) is 45.2 Å². The second-order valence-corrected chi connectivity index (χ2v) is 7.11. The first-order valence-electron chi connectivity index (χ1n) is 9.16. The molecule has 2 saturated heterocycles. The number of alkyl halides is 3. The first kappa shape index (κ1) is 19.2. The lowest BCUT2D eigenvalue weighted by atomic mass is 9.92. The zero-order valence-corrected chi connectivity index (χ0v) is 14.8. The van der Waals surface area contributed by atoms with E-state index in [0.717, 1.165) is 43.6 Å². The second-order valence-electron chi connectivity index (χ2n) is 7.11. The number of benzene rings is 1. The molecule has 2 aliphatic heterocycles. The number of morpholine rings is 1. The van der Waals surface area contributed by atoms with Crippen molar-refractivity contribution in [2.24, 2.45) is 5.92 Å². The van der Waals surface area contributed by atoms with Crippen molar-refractivity contribution < 1.29 is 22.7 Å². The molecule has 1 aromatic carbocycles. The van der Waals surface area contributed by atoms with Crippen molar-refractivity contribution in [3.8, 4) is 0 Å². The van der Waals surface area contributed by atoms with Gasteiger partial charge in [-0.1, -0.05) is 12.1 Å². The Balaban J connectivity index is 1.43. The summed E-state index contributed by atoms with van der Waals surface area (Å²) in [6.07, 6.45) is -1.79. The van der Waals surface area contributed by atoms with E-state index in [2.05, 4.69) is 4.90 Å². The van der Waals surface area contributed by atoms with Crippen LogP contribution in [0.25, 0.3) is 0 Å². The SMILES string of the molecule is O=C(CC1CCN(Cc2ccc(C(F)(F)F)cc2)CC1)N1CCOCC1. The molecule has 2 aliphatic rings. The number of piperidine rings is 1. The highest BCUT2D eigenvalue weighted by atomic mass is 19.4. The molecule has 2 fully saturated rings. The molecule has 0 aliphatic carbocycles. The molecule has 1 aromatic rings. The van der Waals surface area contributed by atoms with Gasteiger partial charge in [0, 0.05) is 26.1 Å². The Morgan fingerprint density at radius 3 is 2.23 bits per heavy atom. The number of nitrogens with zero attached hydrogens (tertiary/aromatic N) is 2. The standard InChI is InChI=1S/C19H25F3N2O2/c20-19(21,22)17-3-1-16(2-4-17)14-23-7-5-15(6-8-23)13-18(25)24-9-11-26-12-10-24/h1-4,15H,5-14H2. The number of ether oxygens (including phenoxy) is 1. The molecule has 0 unspecified atom stereocenters. The Kier molecular flexibility index (Phi) is 6.19. The van der Waals surface area contributed by atoms with Gasteiger partial charge in [-0.15, -0.1) is 0 Å². The zero-order valence-electron chi connectivity index (χ0n) is 14.8. The summed E-state index contributed by atoms with van der Waals surface area (Å²) >= 11 is 0. The smallest absolute Gasteiger partial charge is 0.378 e. The molecule has 1 amide bonds. The van der Waals surface area contributed by atoms with E-state index < -0.39 is 11.7 Å². The van der Waals surface area contributed by atoms with Gasteiger partial charge in [0.2, 0.25) is 5.91 Å². The van der Waals surface area contributed by atoms with Crippen LogP contribution >= 0.6 is 0 Å². The van der Waals surface area contributed by atoms with Crippen LogP contribution in [0.15, 0.2) is 24.3 Å². The fourth-order valence-electron chi connectivity index (χ4n) is 3.59. The summed E-state index contributed by atoms with van der Waals surface area (Å²) in [4.78, 5) is 16.5. The van der Waals surface area contributed by atoms with E-state index in [4.69, 9.17) is 4.74 Å². The van der Waals surface area contributed by atoms with E-state index in [-0.39, 0.29) is 5.91 Å². The van der Waals surface area contributed by atoms with Gasteiger partial charge in [-0.05, 0) is 49.5 Å². The minimum Gasteiger partial charge on any atom is -0.378 e. The molecule has 26 heavy (non-hydrogen) atoms. The van der Waals surface area contributed by atoms with Crippen molar-refractivity contribution in [3.05, 3.63) is 35.4 Å². The fourth-order valence-corrected chi connectivity index (χ4v) is 3.59. The fraction of sp³-hybridized carbons (Fsp3) is 0.632. The Bertz CT molecular complexity index is 590. The third-order valence-electron chi connectivity index (χ3n) is 5.22. The Morgan fingerprint density at radius 2 is 1.65 bits per heavy atom. The van der Waals surface area contributed by atoms with E-state index >= 15 is 0 Å². The van der Waals surface area contributed by atoms with E-state index in [1.54, 1.807) is 12.1 Å². The molecule has 2 heterocycles. The molecular weight excluding hydrogens is 345 g/mol. The molecule has 7 heteroatoms. The molecule has 0 atom stereocenters. The number of halogens is 3. The molecular formula is C19H25F3N2O2. The highest BCUT2D eigenvalue weighted by Gasteiger charge is 2.30. The van der Waals surface area contributed by atoms with Crippen LogP contribution in [0.3, 0.4) is 0 Å². The predicted octanol–water partition coefficient (Wildman–Crippen LogP) is 3.17. The van der Waals surface area contributed by atoms with Gasteiger partial charge >= 0.3 is 6.18 Å². The molecule has 0 spiro atoms. The monoisotopic (exact) mass is 370 g/mol. The second kappa shape index (κ2) is 8.39. The first-order valence-corrected chi connectivity index (χ1v) is 9.16.